The fourth-order valence-corrected chi connectivity index (χ4v) is 2.52. The molecular weight excluding hydrogens is 316 g/mol. The molecule has 7 nitrogen and oxygen atoms in total. The summed E-state index contributed by atoms with van der Waals surface area (Å²) in [6.07, 6.45) is -0.623. The molecule has 0 saturated carbocycles. The lowest BCUT2D eigenvalue weighted by Gasteiger charge is -2.41. The molecule has 0 spiro atoms. The maximum absolute atomic E-state index is 12.0. The van der Waals surface area contributed by atoms with Crippen molar-refractivity contribution in [3.8, 4) is 0 Å². The van der Waals surface area contributed by atoms with Crippen molar-refractivity contribution in [1.82, 2.24) is 0 Å². The van der Waals surface area contributed by atoms with Gasteiger partial charge in [-0.3, -0.25) is 4.79 Å². The molecule has 130 valence electrons. The molecule has 1 unspecified atom stereocenters. The molecule has 2 N–H and O–H groups in total. The fraction of sp³-hybridized carbons (Fsp3) is 0.412. The minimum Gasteiger partial charge on any atom is -0.459 e. The highest BCUT2D eigenvalue weighted by Gasteiger charge is 2.50. The summed E-state index contributed by atoms with van der Waals surface area (Å²) in [5, 5.41) is 21.2. The molecule has 0 bridgehead atoms. The highest BCUT2D eigenvalue weighted by Crippen LogP contribution is 2.29. The van der Waals surface area contributed by atoms with Crippen LogP contribution in [-0.2, 0) is 19.0 Å². The second-order valence-electron chi connectivity index (χ2n) is 5.49. The smallest absolute Gasteiger partial charge is 0.338 e. The standard InChI is InChI=1S/C17H20O7/c1-11(18)24-13-8-9-14(22-2)17(21,15(13)19)10-23-16(20)12-6-4-3-5-7-12/h3-9,13-15,19,21H,10H2,1-2H3/t13-,14-,15-,17?/m1/s1. The molecule has 0 fully saturated rings. The molecule has 0 radical (unpaired) electrons. The average molecular weight is 336 g/mol. The van der Waals surface area contributed by atoms with Crippen molar-refractivity contribution in [2.75, 3.05) is 13.7 Å². The third-order valence-corrected chi connectivity index (χ3v) is 3.79. The monoisotopic (exact) mass is 336 g/mol. The van der Waals surface area contributed by atoms with E-state index in [1.807, 2.05) is 0 Å². The predicted octanol–water partition coefficient (Wildman–Crippen LogP) is 0.452. The Hall–Kier alpha value is -2.22. The number of carbonyl (C=O) groups excluding carboxylic acids is 2. The molecule has 1 aliphatic rings. The average Bonchev–Trinajstić information content (AvgIpc) is 2.58. The lowest BCUT2D eigenvalue weighted by atomic mass is 9.82. The SMILES string of the molecule is CO[C@@H]1C=C[C@@H](OC(C)=O)[C@@H](O)C1(O)COC(=O)c1ccccc1. The van der Waals surface area contributed by atoms with Gasteiger partial charge in [-0.15, -0.1) is 0 Å². The normalized spacial score (nSPS) is 29.1. The first-order valence-corrected chi connectivity index (χ1v) is 7.39. The van der Waals surface area contributed by atoms with Gasteiger partial charge in [0.15, 0.2) is 5.60 Å². The number of carbonyl (C=O) groups is 2. The number of esters is 2. The zero-order valence-corrected chi connectivity index (χ0v) is 13.4. The molecule has 0 aliphatic heterocycles. The van der Waals surface area contributed by atoms with Crippen LogP contribution in [0.1, 0.15) is 17.3 Å². The number of rotatable bonds is 5. The van der Waals surface area contributed by atoms with Crippen LogP contribution in [-0.4, -0.2) is 59.8 Å². The second kappa shape index (κ2) is 7.57. The van der Waals surface area contributed by atoms with Gasteiger partial charge in [0, 0.05) is 14.0 Å². The van der Waals surface area contributed by atoms with Crippen LogP contribution in [0.4, 0.5) is 0 Å². The zero-order valence-electron chi connectivity index (χ0n) is 13.4. The lowest BCUT2D eigenvalue weighted by molar-refractivity contribution is -0.199. The van der Waals surface area contributed by atoms with Gasteiger partial charge < -0.3 is 24.4 Å². The lowest BCUT2D eigenvalue weighted by Crippen LogP contribution is -2.62. The number of methoxy groups -OCH3 is 1. The molecule has 1 aromatic carbocycles. The third kappa shape index (κ3) is 3.81. The van der Waals surface area contributed by atoms with Crippen molar-refractivity contribution in [1.29, 1.82) is 0 Å². The molecule has 1 aliphatic carbocycles. The van der Waals surface area contributed by atoms with Gasteiger partial charge >= 0.3 is 11.9 Å². The number of benzene rings is 1. The Morgan fingerprint density at radius 3 is 2.46 bits per heavy atom. The van der Waals surface area contributed by atoms with E-state index in [-0.39, 0.29) is 0 Å². The minimum atomic E-state index is -1.95. The molecule has 0 aromatic heterocycles. The van der Waals surface area contributed by atoms with Gasteiger partial charge in [0.1, 0.15) is 24.9 Å². The summed E-state index contributed by atoms with van der Waals surface area (Å²) >= 11 is 0. The van der Waals surface area contributed by atoms with E-state index in [1.165, 1.54) is 26.2 Å². The number of ether oxygens (including phenoxy) is 3. The summed E-state index contributed by atoms with van der Waals surface area (Å²) in [6.45, 7) is 0.667. The van der Waals surface area contributed by atoms with E-state index in [9.17, 15) is 19.8 Å². The highest BCUT2D eigenvalue weighted by atomic mass is 16.6. The van der Waals surface area contributed by atoms with Crippen LogP contribution in [0, 0.1) is 0 Å². The first-order valence-electron chi connectivity index (χ1n) is 7.39. The Bertz CT molecular complexity index is 613. The van der Waals surface area contributed by atoms with Crippen LogP contribution in [0.25, 0.3) is 0 Å². The van der Waals surface area contributed by atoms with Crippen molar-refractivity contribution in [2.24, 2.45) is 0 Å². The highest BCUT2D eigenvalue weighted by molar-refractivity contribution is 5.89. The summed E-state index contributed by atoms with van der Waals surface area (Å²) < 4.78 is 15.2. The molecule has 1 aromatic rings. The molecule has 0 saturated heterocycles. The molecule has 0 amide bonds. The van der Waals surface area contributed by atoms with E-state index < -0.39 is 42.5 Å². The van der Waals surface area contributed by atoms with E-state index in [0.29, 0.717) is 5.56 Å². The van der Waals surface area contributed by atoms with Crippen LogP contribution in [0.3, 0.4) is 0 Å². The van der Waals surface area contributed by atoms with Gasteiger partial charge in [0.25, 0.3) is 0 Å². The molecule has 7 heteroatoms. The number of aliphatic hydroxyl groups is 2. The number of hydrogen-bond acceptors (Lipinski definition) is 7. The maximum atomic E-state index is 12.0. The van der Waals surface area contributed by atoms with Gasteiger partial charge in [-0.2, -0.15) is 0 Å². The number of hydrogen-bond donors (Lipinski definition) is 2. The van der Waals surface area contributed by atoms with Crippen LogP contribution < -0.4 is 0 Å². The van der Waals surface area contributed by atoms with Gasteiger partial charge in [-0.1, -0.05) is 24.3 Å². The van der Waals surface area contributed by atoms with E-state index >= 15 is 0 Å². The van der Waals surface area contributed by atoms with Crippen LogP contribution in [0.5, 0.6) is 0 Å². The van der Waals surface area contributed by atoms with Crippen LogP contribution in [0.15, 0.2) is 42.5 Å². The van der Waals surface area contributed by atoms with E-state index in [0.717, 1.165) is 0 Å². The summed E-state index contributed by atoms with van der Waals surface area (Å²) in [5.74, 6) is -1.26. The van der Waals surface area contributed by atoms with Crippen molar-refractivity contribution in [3.63, 3.8) is 0 Å². The Labute approximate surface area is 139 Å². The van der Waals surface area contributed by atoms with Crippen molar-refractivity contribution < 1.29 is 34.0 Å². The summed E-state index contributed by atoms with van der Waals surface area (Å²) in [7, 11) is 1.35. The Balaban J connectivity index is 2.13. The fourth-order valence-electron chi connectivity index (χ4n) is 2.52. The second-order valence-corrected chi connectivity index (χ2v) is 5.49. The topological polar surface area (TPSA) is 102 Å². The quantitative estimate of drug-likeness (QED) is 0.594. The molecule has 24 heavy (non-hydrogen) atoms. The maximum Gasteiger partial charge on any atom is 0.338 e. The number of aliphatic hydroxyl groups excluding tert-OH is 1. The summed E-state index contributed by atoms with van der Waals surface area (Å²) in [6, 6.07) is 8.25. The van der Waals surface area contributed by atoms with Crippen molar-refractivity contribution in [3.05, 3.63) is 48.0 Å². The largest absolute Gasteiger partial charge is 0.459 e. The Morgan fingerprint density at radius 2 is 1.88 bits per heavy atom. The van der Waals surface area contributed by atoms with Gasteiger partial charge in [-0.25, -0.2) is 4.79 Å². The van der Waals surface area contributed by atoms with Gasteiger partial charge in [0.05, 0.1) is 5.56 Å². The minimum absolute atomic E-state index is 0.312. The molecule has 4 atom stereocenters. The Morgan fingerprint density at radius 1 is 1.21 bits per heavy atom. The van der Waals surface area contributed by atoms with E-state index in [1.54, 1.807) is 30.3 Å². The first kappa shape index (κ1) is 18.1. The third-order valence-electron chi connectivity index (χ3n) is 3.79. The summed E-state index contributed by atoms with van der Waals surface area (Å²) in [5.41, 5.74) is -1.64. The van der Waals surface area contributed by atoms with E-state index in [4.69, 9.17) is 14.2 Å². The van der Waals surface area contributed by atoms with Gasteiger partial charge in [0.2, 0.25) is 0 Å². The Kier molecular flexibility index (Phi) is 5.71. The summed E-state index contributed by atoms with van der Waals surface area (Å²) in [4.78, 5) is 23.1. The molecule has 2 rings (SSSR count). The predicted molar refractivity (Wildman–Crippen MR) is 83.2 cm³/mol. The van der Waals surface area contributed by atoms with Crippen molar-refractivity contribution >= 4 is 11.9 Å². The molecule has 0 heterocycles. The first-order chi connectivity index (χ1) is 11.4. The van der Waals surface area contributed by atoms with Gasteiger partial charge in [-0.05, 0) is 18.2 Å². The van der Waals surface area contributed by atoms with Crippen molar-refractivity contribution in [2.45, 2.75) is 30.8 Å². The van der Waals surface area contributed by atoms with Crippen LogP contribution >= 0.6 is 0 Å². The zero-order chi connectivity index (χ0) is 17.7. The van der Waals surface area contributed by atoms with E-state index in [2.05, 4.69) is 0 Å². The van der Waals surface area contributed by atoms with Crippen LogP contribution in [0.2, 0.25) is 0 Å². The molecular formula is C17H20O7.